The van der Waals surface area contributed by atoms with Crippen molar-refractivity contribution in [2.45, 2.75) is 51.9 Å². The van der Waals surface area contributed by atoms with E-state index in [1.165, 1.54) is 19.3 Å². The molecular formula is C18H26N2O4. The molecule has 0 radical (unpaired) electrons. The second-order valence-electron chi connectivity index (χ2n) is 5.88. The molecule has 0 saturated carbocycles. The van der Waals surface area contributed by atoms with E-state index >= 15 is 0 Å². The van der Waals surface area contributed by atoms with Crippen LogP contribution in [0.3, 0.4) is 0 Å². The van der Waals surface area contributed by atoms with Gasteiger partial charge in [-0.05, 0) is 24.6 Å². The van der Waals surface area contributed by atoms with Crippen LogP contribution in [-0.4, -0.2) is 25.0 Å². The fourth-order valence-electron chi connectivity index (χ4n) is 2.51. The minimum absolute atomic E-state index is 0.170. The lowest BCUT2D eigenvalue weighted by Gasteiger charge is -2.18. The molecule has 0 unspecified atom stereocenters. The summed E-state index contributed by atoms with van der Waals surface area (Å²) in [7, 11) is 0. The number of fused-ring (bicyclic) bond motifs is 1. The molecule has 0 atom stereocenters. The molecule has 0 aliphatic carbocycles. The third kappa shape index (κ3) is 5.76. The molecule has 0 bridgehead atoms. The van der Waals surface area contributed by atoms with Gasteiger partial charge in [0.2, 0.25) is 5.91 Å². The number of carbonyl (C=O) groups excluding carboxylic acids is 2. The molecule has 2 N–H and O–H groups in total. The second-order valence-corrected chi connectivity index (χ2v) is 5.88. The van der Waals surface area contributed by atoms with Crippen LogP contribution in [0, 0.1) is 0 Å². The Hall–Kier alpha value is -2.24. The number of rotatable bonds is 8. The number of benzene rings is 1. The highest BCUT2D eigenvalue weighted by Gasteiger charge is 2.15. The third-order valence-corrected chi connectivity index (χ3v) is 3.88. The molecule has 132 valence electrons. The maximum atomic E-state index is 12.1. The Labute approximate surface area is 142 Å². The second kappa shape index (κ2) is 9.80. The number of hydrazine groups is 1. The van der Waals surface area contributed by atoms with Gasteiger partial charge in [0.15, 0.2) is 11.5 Å². The predicted molar refractivity (Wildman–Crippen MR) is 91.0 cm³/mol. The molecule has 0 fully saturated rings. The molecule has 0 saturated heterocycles. The molecule has 24 heavy (non-hydrogen) atoms. The molecule has 2 amide bonds. The van der Waals surface area contributed by atoms with E-state index in [1.807, 2.05) is 0 Å². The number of amides is 2. The van der Waals surface area contributed by atoms with Crippen LogP contribution in [0.5, 0.6) is 11.5 Å². The van der Waals surface area contributed by atoms with Gasteiger partial charge in [-0.25, -0.2) is 0 Å². The zero-order valence-corrected chi connectivity index (χ0v) is 14.2. The van der Waals surface area contributed by atoms with Crippen molar-refractivity contribution in [3.05, 3.63) is 23.8 Å². The lowest BCUT2D eigenvalue weighted by atomic mass is 10.1. The van der Waals surface area contributed by atoms with Crippen molar-refractivity contribution in [1.82, 2.24) is 10.9 Å². The Balaban J connectivity index is 1.68. The van der Waals surface area contributed by atoms with E-state index in [9.17, 15) is 9.59 Å². The summed E-state index contributed by atoms with van der Waals surface area (Å²) in [5.41, 5.74) is 5.30. The van der Waals surface area contributed by atoms with Crippen LogP contribution in [0.15, 0.2) is 18.2 Å². The largest absolute Gasteiger partial charge is 0.486 e. The van der Waals surface area contributed by atoms with Crippen LogP contribution in [0.1, 0.15) is 62.2 Å². The van der Waals surface area contributed by atoms with Crippen molar-refractivity contribution in [1.29, 1.82) is 0 Å². The van der Waals surface area contributed by atoms with Gasteiger partial charge in [-0.3, -0.25) is 20.4 Å². The zero-order chi connectivity index (χ0) is 17.2. The van der Waals surface area contributed by atoms with Crippen molar-refractivity contribution in [3.63, 3.8) is 0 Å². The van der Waals surface area contributed by atoms with Gasteiger partial charge in [0.1, 0.15) is 13.2 Å². The molecular weight excluding hydrogens is 308 g/mol. The summed E-state index contributed by atoms with van der Waals surface area (Å²) in [6.07, 6.45) is 7.15. The summed E-state index contributed by atoms with van der Waals surface area (Å²) in [6, 6.07) is 4.95. The predicted octanol–water partition coefficient (Wildman–Crippen LogP) is 2.97. The molecule has 1 aliphatic rings. The standard InChI is InChI=1S/C18H26N2O4/c1-2-3-4-5-6-7-8-17(21)19-20-18(22)14-9-10-15-16(13-14)24-12-11-23-15/h9-10,13H,2-8,11-12H2,1H3,(H,19,21)(H,20,22). The van der Waals surface area contributed by atoms with E-state index in [2.05, 4.69) is 17.8 Å². The molecule has 1 aliphatic heterocycles. The van der Waals surface area contributed by atoms with Crippen molar-refractivity contribution in [2.24, 2.45) is 0 Å². The SMILES string of the molecule is CCCCCCCCC(=O)NNC(=O)c1ccc2c(c1)OCCO2. The van der Waals surface area contributed by atoms with E-state index in [0.29, 0.717) is 36.7 Å². The molecule has 1 aromatic rings. The highest BCUT2D eigenvalue weighted by molar-refractivity contribution is 5.96. The van der Waals surface area contributed by atoms with E-state index in [4.69, 9.17) is 9.47 Å². The molecule has 0 spiro atoms. The Morgan fingerprint density at radius 1 is 0.958 bits per heavy atom. The molecule has 1 heterocycles. The quantitative estimate of drug-likeness (QED) is 0.566. The topological polar surface area (TPSA) is 76.7 Å². The van der Waals surface area contributed by atoms with Crippen LogP contribution in [0.25, 0.3) is 0 Å². The van der Waals surface area contributed by atoms with Gasteiger partial charge in [-0.15, -0.1) is 0 Å². The summed E-state index contributed by atoms with van der Waals surface area (Å²) < 4.78 is 10.9. The van der Waals surface area contributed by atoms with E-state index in [1.54, 1.807) is 18.2 Å². The van der Waals surface area contributed by atoms with Gasteiger partial charge in [0, 0.05) is 12.0 Å². The first kappa shape index (κ1) is 18.1. The number of nitrogens with one attached hydrogen (secondary N) is 2. The van der Waals surface area contributed by atoms with Gasteiger partial charge in [-0.1, -0.05) is 39.0 Å². The summed E-state index contributed by atoms with van der Waals surface area (Å²) in [6.45, 7) is 3.15. The summed E-state index contributed by atoms with van der Waals surface area (Å²) in [5.74, 6) is 0.636. The van der Waals surface area contributed by atoms with Gasteiger partial charge < -0.3 is 9.47 Å². The molecule has 6 heteroatoms. The van der Waals surface area contributed by atoms with Crippen LogP contribution < -0.4 is 20.3 Å². The molecule has 6 nitrogen and oxygen atoms in total. The Bertz CT molecular complexity index is 560. The van der Waals surface area contributed by atoms with Gasteiger partial charge in [0.05, 0.1) is 0 Å². The number of ether oxygens (including phenoxy) is 2. The van der Waals surface area contributed by atoms with Crippen LogP contribution in [0.4, 0.5) is 0 Å². The molecule has 1 aromatic carbocycles. The normalized spacial score (nSPS) is 12.5. The average molecular weight is 334 g/mol. The van der Waals surface area contributed by atoms with Gasteiger partial charge in [-0.2, -0.15) is 0 Å². The van der Waals surface area contributed by atoms with Crippen molar-refractivity contribution >= 4 is 11.8 Å². The zero-order valence-electron chi connectivity index (χ0n) is 14.2. The van der Waals surface area contributed by atoms with Crippen molar-refractivity contribution < 1.29 is 19.1 Å². The number of carbonyl (C=O) groups is 2. The summed E-state index contributed by atoms with van der Waals surface area (Å²) in [4.78, 5) is 23.8. The van der Waals surface area contributed by atoms with Gasteiger partial charge >= 0.3 is 0 Å². The smallest absolute Gasteiger partial charge is 0.269 e. The Morgan fingerprint density at radius 2 is 1.67 bits per heavy atom. The van der Waals surface area contributed by atoms with Crippen LogP contribution in [-0.2, 0) is 4.79 Å². The van der Waals surface area contributed by atoms with Crippen molar-refractivity contribution in [2.75, 3.05) is 13.2 Å². The summed E-state index contributed by atoms with van der Waals surface area (Å²) >= 11 is 0. The van der Waals surface area contributed by atoms with Crippen LogP contribution in [0.2, 0.25) is 0 Å². The minimum Gasteiger partial charge on any atom is -0.486 e. The minimum atomic E-state index is -0.372. The average Bonchev–Trinajstić information content (AvgIpc) is 2.62. The van der Waals surface area contributed by atoms with E-state index in [0.717, 1.165) is 19.3 Å². The maximum Gasteiger partial charge on any atom is 0.269 e. The third-order valence-electron chi connectivity index (χ3n) is 3.88. The fraction of sp³-hybridized carbons (Fsp3) is 0.556. The monoisotopic (exact) mass is 334 g/mol. The number of hydrogen-bond acceptors (Lipinski definition) is 4. The number of hydrogen-bond donors (Lipinski definition) is 2. The highest BCUT2D eigenvalue weighted by Crippen LogP contribution is 2.30. The Morgan fingerprint density at radius 3 is 2.46 bits per heavy atom. The fourth-order valence-corrected chi connectivity index (χ4v) is 2.51. The number of unbranched alkanes of at least 4 members (excludes halogenated alkanes) is 5. The lowest BCUT2D eigenvalue weighted by molar-refractivity contribution is -0.122. The first-order valence-electron chi connectivity index (χ1n) is 8.69. The first-order valence-corrected chi connectivity index (χ1v) is 8.69. The maximum absolute atomic E-state index is 12.1. The lowest BCUT2D eigenvalue weighted by Crippen LogP contribution is -2.41. The first-order chi connectivity index (χ1) is 11.7. The van der Waals surface area contributed by atoms with E-state index in [-0.39, 0.29) is 11.8 Å². The van der Waals surface area contributed by atoms with Crippen molar-refractivity contribution in [3.8, 4) is 11.5 Å². The molecule has 2 rings (SSSR count). The van der Waals surface area contributed by atoms with Crippen LogP contribution >= 0.6 is 0 Å². The van der Waals surface area contributed by atoms with E-state index < -0.39 is 0 Å². The molecule has 0 aromatic heterocycles. The van der Waals surface area contributed by atoms with Gasteiger partial charge in [0.25, 0.3) is 5.91 Å². The summed E-state index contributed by atoms with van der Waals surface area (Å²) in [5, 5.41) is 0. The Kier molecular flexibility index (Phi) is 7.39. The highest BCUT2D eigenvalue weighted by atomic mass is 16.6.